The third-order valence-corrected chi connectivity index (χ3v) is 4.87. The van der Waals surface area contributed by atoms with Gasteiger partial charge in [0.25, 0.3) is 11.7 Å². The fourth-order valence-electron chi connectivity index (χ4n) is 3.47. The molecule has 1 N–H and O–H groups in total. The number of benzene rings is 1. The van der Waals surface area contributed by atoms with Gasteiger partial charge in [-0.15, -0.1) is 0 Å². The number of aromatic nitrogens is 1. The molecular weight excluding hydrogens is 391 g/mol. The molecule has 0 radical (unpaired) electrons. The van der Waals surface area contributed by atoms with E-state index in [-0.39, 0.29) is 23.4 Å². The number of rotatable bonds is 5. The van der Waals surface area contributed by atoms with Gasteiger partial charge in [0.1, 0.15) is 11.5 Å². The zero-order valence-electron chi connectivity index (χ0n) is 15.9. The Kier molecular flexibility index (Phi) is 5.05. The van der Waals surface area contributed by atoms with E-state index in [4.69, 9.17) is 9.15 Å². The van der Waals surface area contributed by atoms with E-state index in [2.05, 4.69) is 4.98 Å². The number of hydrogen-bond donors (Lipinski definition) is 1. The number of halogens is 1. The molecular formula is C22H17FN2O5. The van der Waals surface area contributed by atoms with Crippen molar-refractivity contribution in [2.45, 2.75) is 12.6 Å². The standard InChI is InChI=1S/C22H17FN2O5/c1-29-17-7-6-13(10-16(17)23)20(26)18-19(14-4-2-8-24-11-14)25(22(28)21(18)27)12-15-5-3-9-30-15/h2-11,19,26H,12H2,1H3/t19-/m1/s1. The summed E-state index contributed by atoms with van der Waals surface area (Å²) in [5.74, 6) is -2.38. The molecule has 30 heavy (non-hydrogen) atoms. The Morgan fingerprint density at radius 2 is 2.10 bits per heavy atom. The minimum absolute atomic E-state index is 0.00590. The van der Waals surface area contributed by atoms with Gasteiger partial charge in [0.2, 0.25) is 0 Å². The van der Waals surface area contributed by atoms with Crippen LogP contribution in [0.1, 0.15) is 22.9 Å². The van der Waals surface area contributed by atoms with E-state index in [1.807, 2.05) is 0 Å². The summed E-state index contributed by atoms with van der Waals surface area (Å²) < 4.78 is 24.4. The lowest BCUT2D eigenvalue weighted by Crippen LogP contribution is -2.29. The first kappa shape index (κ1) is 19.4. The predicted molar refractivity (Wildman–Crippen MR) is 104 cm³/mol. The topological polar surface area (TPSA) is 92.9 Å². The van der Waals surface area contributed by atoms with Crippen LogP contribution in [0.25, 0.3) is 5.76 Å². The van der Waals surface area contributed by atoms with E-state index in [1.54, 1.807) is 30.5 Å². The number of amides is 1. The number of aliphatic hydroxyl groups excluding tert-OH is 1. The molecule has 0 spiro atoms. The minimum atomic E-state index is -0.908. The first-order valence-corrected chi connectivity index (χ1v) is 9.06. The summed E-state index contributed by atoms with van der Waals surface area (Å²) in [6.07, 6.45) is 4.53. The van der Waals surface area contributed by atoms with Crippen LogP contribution in [-0.2, 0) is 16.1 Å². The van der Waals surface area contributed by atoms with E-state index in [9.17, 15) is 19.1 Å². The molecule has 0 aliphatic carbocycles. The molecule has 1 fully saturated rings. The van der Waals surface area contributed by atoms with Crippen LogP contribution >= 0.6 is 0 Å². The van der Waals surface area contributed by atoms with Gasteiger partial charge in [-0.25, -0.2) is 4.39 Å². The second-order valence-electron chi connectivity index (χ2n) is 6.64. The molecule has 1 atom stereocenters. The molecule has 0 saturated carbocycles. The SMILES string of the molecule is COc1ccc(C(O)=C2C(=O)C(=O)N(Cc3ccco3)[C@@H]2c2cccnc2)cc1F. The zero-order chi connectivity index (χ0) is 21.3. The quantitative estimate of drug-likeness (QED) is 0.395. The van der Waals surface area contributed by atoms with Gasteiger partial charge in [-0.05, 0) is 42.0 Å². The average molecular weight is 408 g/mol. The number of methoxy groups -OCH3 is 1. The highest BCUT2D eigenvalue weighted by molar-refractivity contribution is 6.46. The van der Waals surface area contributed by atoms with Crippen LogP contribution in [0, 0.1) is 5.82 Å². The van der Waals surface area contributed by atoms with Crippen molar-refractivity contribution < 1.29 is 28.2 Å². The lowest BCUT2D eigenvalue weighted by molar-refractivity contribution is -0.140. The van der Waals surface area contributed by atoms with Crippen LogP contribution in [0.5, 0.6) is 5.75 Å². The molecule has 1 amide bonds. The van der Waals surface area contributed by atoms with Crippen molar-refractivity contribution in [2.75, 3.05) is 7.11 Å². The molecule has 7 nitrogen and oxygen atoms in total. The smallest absolute Gasteiger partial charge is 0.296 e. The molecule has 1 saturated heterocycles. The Labute approximate surface area is 171 Å². The Balaban J connectivity index is 1.85. The maximum absolute atomic E-state index is 14.2. The van der Waals surface area contributed by atoms with Crippen LogP contribution < -0.4 is 4.74 Å². The van der Waals surface area contributed by atoms with Crippen LogP contribution in [0.3, 0.4) is 0 Å². The highest BCUT2D eigenvalue weighted by atomic mass is 19.1. The molecule has 4 rings (SSSR count). The number of nitrogens with zero attached hydrogens (tertiary/aromatic N) is 2. The number of furan rings is 1. The molecule has 3 aromatic rings. The Morgan fingerprint density at radius 1 is 1.27 bits per heavy atom. The Hall–Kier alpha value is -3.94. The van der Waals surface area contributed by atoms with Crippen molar-refractivity contribution in [3.05, 3.63) is 89.4 Å². The summed E-state index contributed by atoms with van der Waals surface area (Å²) in [6.45, 7) is 0.0187. The molecule has 1 aliphatic heterocycles. The van der Waals surface area contributed by atoms with E-state index in [0.29, 0.717) is 11.3 Å². The van der Waals surface area contributed by atoms with E-state index >= 15 is 0 Å². The summed E-state index contributed by atoms with van der Waals surface area (Å²) in [4.78, 5) is 31.0. The summed E-state index contributed by atoms with van der Waals surface area (Å²) in [5.41, 5.74) is 0.432. The maximum atomic E-state index is 14.2. The lowest BCUT2D eigenvalue weighted by atomic mass is 9.96. The average Bonchev–Trinajstić information content (AvgIpc) is 3.36. The molecule has 0 unspecified atom stereocenters. The highest BCUT2D eigenvalue weighted by Gasteiger charge is 2.46. The maximum Gasteiger partial charge on any atom is 0.296 e. The Bertz CT molecular complexity index is 1130. The number of ketones is 1. The van der Waals surface area contributed by atoms with Crippen LogP contribution in [0.2, 0.25) is 0 Å². The van der Waals surface area contributed by atoms with Gasteiger partial charge in [-0.2, -0.15) is 0 Å². The monoisotopic (exact) mass is 408 g/mol. The minimum Gasteiger partial charge on any atom is -0.507 e. The lowest BCUT2D eigenvalue weighted by Gasteiger charge is -2.24. The molecule has 2 aromatic heterocycles. The first-order valence-electron chi connectivity index (χ1n) is 9.06. The second kappa shape index (κ2) is 7.82. The van der Waals surface area contributed by atoms with Crippen LogP contribution in [0.4, 0.5) is 4.39 Å². The van der Waals surface area contributed by atoms with Gasteiger partial charge in [0.05, 0.1) is 31.5 Å². The van der Waals surface area contributed by atoms with E-state index in [1.165, 1.54) is 36.6 Å². The predicted octanol–water partition coefficient (Wildman–Crippen LogP) is 3.44. The molecule has 1 aromatic carbocycles. The molecule has 8 heteroatoms. The van der Waals surface area contributed by atoms with Crippen molar-refractivity contribution in [1.82, 2.24) is 9.88 Å². The van der Waals surface area contributed by atoms with Crippen molar-refractivity contribution in [1.29, 1.82) is 0 Å². The normalized spacial score (nSPS) is 18.1. The van der Waals surface area contributed by atoms with Gasteiger partial charge in [0, 0.05) is 18.0 Å². The fraction of sp³-hybridized carbons (Fsp3) is 0.136. The van der Waals surface area contributed by atoms with Crippen LogP contribution in [-0.4, -0.2) is 33.8 Å². The number of carbonyl (C=O) groups excluding carboxylic acids is 2. The molecule has 0 bridgehead atoms. The number of ether oxygens (including phenoxy) is 1. The third kappa shape index (κ3) is 3.32. The molecule has 152 valence electrons. The van der Waals surface area contributed by atoms with Gasteiger partial charge in [0.15, 0.2) is 11.6 Å². The Morgan fingerprint density at radius 3 is 2.73 bits per heavy atom. The van der Waals surface area contributed by atoms with Crippen molar-refractivity contribution in [3.63, 3.8) is 0 Å². The summed E-state index contributed by atoms with van der Waals surface area (Å²) in [6, 6.07) is 9.60. The number of carbonyl (C=O) groups is 2. The van der Waals surface area contributed by atoms with Crippen molar-refractivity contribution in [3.8, 4) is 5.75 Å². The number of hydrogen-bond acceptors (Lipinski definition) is 6. The van der Waals surface area contributed by atoms with Crippen LogP contribution in [0.15, 0.2) is 71.1 Å². The fourth-order valence-corrected chi connectivity index (χ4v) is 3.47. The molecule has 3 heterocycles. The number of Topliss-reactive ketones (excluding diaryl/α,β-unsaturated/α-hetero) is 1. The summed E-state index contributed by atoms with van der Waals surface area (Å²) >= 11 is 0. The number of aliphatic hydroxyl groups is 1. The van der Waals surface area contributed by atoms with E-state index in [0.717, 1.165) is 6.07 Å². The first-order chi connectivity index (χ1) is 14.5. The second-order valence-corrected chi connectivity index (χ2v) is 6.64. The largest absolute Gasteiger partial charge is 0.507 e. The van der Waals surface area contributed by atoms with Crippen molar-refractivity contribution in [2.24, 2.45) is 0 Å². The van der Waals surface area contributed by atoms with Crippen molar-refractivity contribution >= 4 is 17.4 Å². The van der Waals surface area contributed by atoms with Gasteiger partial charge in [-0.1, -0.05) is 6.07 Å². The molecule has 1 aliphatic rings. The highest BCUT2D eigenvalue weighted by Crippen LogP contribution is 2.40. The van der Waals surface area contributed by atoms with E-state index < -0.39 is 29.3 Å². The third-order valence-electron chi connectivity index (χ3n) is 4.87. The van der Waals surface area contributed by atoms with Gasteiger partial charge >= 0.3 is 0 Å². The summed E-state index contributed by atoms with van der Waals surface area (Å²) in [7, 11) is 1.32. The van der Waals surface area contributed by atoms with Gasteiger partial charge < -0.3 is 19.2 Å². The van der Waals surface area contributed by atoms with Gasteiger partial charge in [-0.3, -0.25) is 14.6 Å². The zero-order valence-corrected chi connectivity index (χ0v) is 15.9. The number of pyridine rings is 1. The summed E-state index contributed by atoms with van der Waals surface area (Å²) in [5, 5.41) is 10.9. The number of likely N-dealkylation sites (tertiary alicyclic amines) is 1.